The van der Waals surface area contributed by atoms with Crippen molar-refractivity contribution in [3.8, 4) is 22.9 Å². The maximum absolute atomic E-state index is 13.7. The largest absolute Gasteiger partial charge is 0.495 e. The second-order valence-electron chi connectivity index (χ2n) is 20.6. The Balaban J connectivity index is 0.000000190. The van der Waals surface area contributed by atoms with Crippen LogP contribution in [0.1, 0.15) is 106 Å². The smallest absolute Gasteiger partial charge is 0.243 e. The predicted molar refractivity (Wildman–Crippen MR) is 306 cm³/mol. The number of benzene rings is 6. The minimum absolute atomic E-state index is 0.137. The molecular weight excluding hydrogens is 979 g/mol. The number of aromatic nitrogens is 4. The Kier molecular flexibility index (Phi) is 17.0. The van der Waals surface area contributed by atoms with Crippen LogP contribution in [-0.2, 0) is 33.3 Å². The molecule has 0 saturated carbocycles. The number of hydrogen-bond acceptors (Lipinski definition) is 6. The lowest BCUT2D eigenvalue weighted by Gasteiger charge is -2.32. The molecule has 0 aliphatic heterocycles. The Hall–Kier alpha value is -8.38. The molecule has 2 unspecified atom stereocenters. The number of aryl methyl sites for hydroxylation is 5. The molecular formula is C66H68F2N6O4. The van der Waals surface area contributed by atoms with E-state index in [1.165, 1.54) is 33.4 Å². The molecule has 0 radical (unpaired) electrons. The van der Waals surface area contributed by atoms with Crippen LogP contribution in [-0.4, -0.2) is 58.2 Å². The van der Waals surface area contributed by atoms with Crippen LogP contribution in [0.4, 0.5) is 8.78 Å². The van der Waals surface area contributed by atoms with Gasteiger partial charge in [-0.05, 0) is 190 Å². The van der Waals surface area contributed by atoms with E-state index in [0.29, 0.717) is 24.6 Å². The van der Waals surface area contributed by atoms with Crippen molar-refractivity contribution < 1.29 is 27.8 Å². The van der Waals surface area contributed by atoms with Gasteiger partial charge in [-0.3, -0.25) is 9.59 Å². The third kappa shape index (κ3) is 12.2. The lowest BCUT2D eigenvalue weighted by atomic mass is 9.72. The molecule has 10 nitrogen and oxygen atoms in total. The summed E-state index contributed by atoms with van der Waals surface area (Å²) in [5.74, 6) is 0.684. The third-order valence-electron chi connectivity index (χ3n) is 15.5. The minimum Gasteiger partial charge on any atom is -0.495 e. The van der Waals surface area contributed by atoms with Gasteiger partial charge in [-0.15, -0.1) is 0 Å². The van der Waals surface area contributed by atoms with Crippen LogP contribution in [0.5, 0.6) is 11.5 Å². The summed E-state index contributed by atoms with van der Waals surface area (Å²) in [6.07, 6.45) is 21.5. The van der Waals surface area contributed by atoms with Gasteiger partial charge in [-0.25, -0.2) is 18.7 Å². The van der Waals surface area contributed by atoms with Gasteiger partial charge in [0.15, 0.2) is 0 Å². The third-order valence-corrected chi connectivity index (χ3v) is 15.5. The predicted octanol–water partition coefficient (Wildman–Crippen LogP) is 13.0. The van der Waals surface area contributed by atoms with E-state index in [4.69, 9.17) is 9.47 Å². The van der Waals surface area contributed by atoms with Crippen molar-refractivity contribution in [3.05, 3.63) is 237 Å². The number of rotatable bonds is 18. The van der Waals surface area contributed by atoms with Crippen LogP contribution in [0.3, 0.4) is 0 Å². The van der Waals surface area contributed by atoms with E-state index in [0.717, 1.165) is 96.4 Å². The van der Waals surface area contributed by atoms with E-state index in [2.05, 4.69) is 70.8 Å². The highest BCUT2D eigenvalue weighted by atomic mass is 19.1. The standard InChI is InChI=1S/2C33H34FN3O2/c1-23-5-8-26-15-17-33(29(26)19-23,27-9-11-28(34)12-10-27)16-4-18-35-32(38)14-7-25-6-13-30(31(20-25)39-3)37-21-24(2)36-22-37;1-23-6-4-7-29-28(23)16-18-33(29,26-10-12-27(34)13-11-26)17-5-19-35-32(38)15-9-25-8-14-30(31(20-25)39-3)37-21-24(2)36-22-37/h5-14,19-22H,4,15-18H2,1-3H3,(H,35,38);4,6-15,20-22H,5,16-19H2,1-3H3,(H,35,38)/b14-7+;15-9+. The van der Waals surface area contributed by atoms with Crippen LogP contribution < -0.4 is 20.1 Å². The Bertz CT molecular complexity index is 3300. The monoisotopic (exact) mass is 1050 g/mol. The minimum atomic E-state index is -0.223. The highest BCUT2D eigenvalue weighted by Crippen LogP contribution is 2.49. The first-order valence-electron chi connectivity index (χ1n) is 26.8. The summed E-state index contributed by atoms with van der Waals surface area (Å²) < 4.78 is 42.4. The number of carbonyl (C=O) groups is 2. The zero-order chi connectivity index (χ0) is 54.8. The molecule has 12 heteroatoms. The van der Waals surface area contributed by atoms with Gasteiger partial charge >= 0.3 is 0 Å². The summed E-state index contributed by atoms with van der Waals surface area (Å²) in [4.78, 5) is 33.8. The lowest BCUT2D eigenvalue weighted by Crippen LogP contribution is -2.28. The number of nitrogens with zero attached hydrogens (tertiary/aromatic N) is 4. The number of imidazole rings is 2. The Morgan fingerprint density at radius 2 is 1.10 bits per heavy atom. The first kappa shape index (κ1) is 54.4. The fraction of sp³-hybridized carbons (Fsp3) is 0.273. The topological polar surface area (TPSA) is 112 Å². The molecule has 2 heterocycles. The van der Waals surface area contributed by atoms with Crippen LogP contribution in [0.15, 0.2) is 159 Å². The molecule has 2 aliphatic rings. The number of halogens is 2. The van der Waals surface area contributed by atoms with E-state index >= 15 is 0 Å². The van der Waals surface area contributed by atoms with E-state index in [9.17, 15) is 18.4 Å². The molecule has 2 N–H and O–H groups in total. The molecule has 2 amide bonds. The zero-order valence-corrected chi connectivity index (χ0v) is 45.4. The summed E-state index contributed by atoms with van der Waals surface area (Å²) in [6, 6.07) is 38.6. The van der Waals surface area contributed by atoms with Crippen LogP contribution >= 0.6 is 0 Å². The highest BCUT2D eigenvalue weighted by molar-refractivity contribution is 5.92. The average Bonchev–Trinajstić information content (AvgIpc) is 4.34. The molecule has 0 fully saturated rings. The van der Waals surface area contributed by atoms with Crippen LogP contribution in [0.2, 0.25) is 0 Å². The van der Waals surface area contributed by atoms with Gasteiger partial charge in [0.05, 0.1) is 49.6 Å². The molecule has 6 aromatic carbocycles. The number of methoxy groups -OCH3 is 2. The summed E-state index contributed by atoms with van der Waals surface area (Å²) in [6.45, 7) is 9.28. The van der Waals surface area contributed by atoms with Crippen molar-refractivity contribution in [1.82, 2.24) is 29.7 Å². The lowest BCUT2D eigenvalue weighted by molar-refractivity contribution is -0.117. The average molecular weight is 1050 g/mol. The van der Waals surface area contributed by atoms with Gasteiger partial charge in [0.1, 0.15) is 23.1 Å². The Morgan fingerprint density at radius 1 is 0.603 bits per heavy atom. The molecule has 400 valence electrons. The maximum Gasteiger partial charge on any atom is 0.243 e. The van der Waals surface area contributed by atoms with Gasteiger partial charge in [0.2, 0.25) is 11.8 Å². The number of amides is 2. The van der Waals surface area contributed by atoms with Crippen LogP contribution in [0, 0.1) is 39.3 Å². The zero-order valence-electron chi connectivity index (χ0n) is 45.4. The molecule has 78 heavy (non-hydrogen) atoms. The van der Waals surface area contributed by atoms with E-state index in [-0.39, 0.29) is 34.3 Å². The van der Waals surface area contributed by atoms with Gasteiger partial charge in [0.25, 0.3) is 0 Å². The molecule has 0 spiro atoms. The molecule has 0 saturated heterocycles. The number of fused-ring (bicyclic) bond motifs is 2. The summed E-state index contributed by atoms with van der Waals surface area (Å²) in [7, 11) is 3.26. The van der Waals surface area contributed by atoms with E-state index < -0.39 is 0 Å². The number of nitrogens with one attached hydrogen (secondary N) is 2. The van der Waals surface area contributed by atoms with Crippen molar-refractivity contribution in [2.24, 2.45) is 0 Å². The second kappa shape index (κ2) is 24.3. The van der Waals surface area contributed by atoms with E-state index in [1.807, 2.05) is 96.0 Å². The van der Waals surface area contributed by atoms with Gasteiger partial charge in [-0.1, -0.05) is 78.4 Å². The van der Waals surface area contributed by atoms with Crippen molar-refractivity contribution in [2.45, 2.75) is 89.9 Å². The molecule has 2 aromatic heterocycles. The van der Waals surface area contributed by atoms with Crippen molar-refractivity contribution >= 4 is 24.0 Å². The van der Waals surface area contributed by atoms with Gasteiger partial charge < -0.3 is 29.2 Å². The molecule has 8 aromatic rings. The first-order valence-corrected chi connectivity index (χ1v) is 26.8. The fourth-order valence-corrected chi connectivity index (χ4v) is 11.5. The fourth-order valence-electron chi connectivity index (χ4n) is 11.5. The quantitative estimate of drug-likeness (QED) is 0.0654. The van der Waals surface area contributed by atoms with Gasteiger partial charge in [0, 0.05) is 48.5 Å². The van der Waals surface area contributed by atoms with Crippen molar-refractivity contribution in [1.29, 1.82) is 0 Å². The number of ether oxygens (including phenoxy) is 2. The van der Waals surface area contributed by atoms with E-state index in [1.54, 1.807) is 75.4 Å². The summed E-state index contributed by atoms with van der Waals surface area (Å²) >= 11 is 0. The highest BCUT2D eigenvalue weighted by Gasteiger charge is 2.41. The Morgan fingerprint density at radius 3 is 1.59 bits per heavy atom. The van der Waals surface area contributed by atoms with Gasteiger partial charge in [-0.2, -0.15) is 0 Å². The molecule has 2 aliphatic carbocycles. The van der Waals surface area contributed by atoms with Crippen molar-refractivity contribution in [2.75, 3.05) is 27.3 Å². The number of hydrogen-bond donors (Lipinski definition) is 2. The second-order valence-corrected chi connectivity index (χ2v) is 20.6. The SMILES string of the molecule is COc1cc(/C=C/C(=O)NCCCC2(c3ccc(F)cc3)CCc3c(C)cccc32)ccc1-n1cnc(C)c1.COc1cc(/C=C/C(=O)NCCCC2(c3ccc(F)cc3)CCc3ccc(C)cc32)ccc1-n1cnc(C)c1. The summed E-state index contributed by atoms with van der Waals surface area (Å²) in [5, 5.41) is 6.06. The molecule has 10 rings (SSSR count). The number of carbonyl (C=O) groups excluding carboxylic acids is 2. The first-order chi connectivity index (χ1) is 37.8. The maximum atomic E-state index is 13.7. The molecule has 0 bridgehead atoms. The van der Waals surface area contributed by atoms with Crippen LogP contribution in [0.25, 0.3) is 23.5 Å². The van der Waals surface area contributed by atoms with Crippen molar-refractivity contribution in [3.63, 3.8) is 0 Å². The summed E-state index contributed by atoms with van der Waals surface area (Å²) in [5.41, 5.74) is 15.3. The Labute approximate surface area is 456 Å². The normalized spacial score (nSPS) is 16.4. The molecule has 2 atom stereocenters.